The molecule has 0 aliphatic carbocycles. The van der Waals surface area contributed by atoms with Gasteiger partial charge in [0.25, 0.3) is 0 Å². The molecule has 0 saturated carbocycles. The third kappa shape index (κ3) is 1.92. The summed E-state index contributed by atoms with van der Waals surface area (Å²) in [4.78, 5) is 21.8. The van der Waals surface area contributed by atoms with Gasteiger partial charge in [0.2, 0.25) is 0 Å². The molecule has 0 bridgehead atoms. The summed E-state index contributed by atoms with van der Waals surface area (Å²) in [6.07, 6.45) is -0.143. The van der Waals surface area contributed by atoms with E-state index in [4.69, 9.17) is 0 Å². The highest BCUT2D eigenvalue weighted by Gasteiger charge is 2.17. The van der Waals surface area contributed by atoms with Crippen LogP contribution < -0.4 is 5.11 Å². The maximum atomic E-state index is 10.9. The molecular weight excluding hydrogens is 176 g/mol. The molecule has 1 unspecified atom stereocenters. The van der Waals surface area contributed by atoms with Crippen molar-refractivity contribution in [2.75, 3.05) is 0 Å². The molecule has 0 N–H and O–H groups in total. The van der Waals surface area contributed by atoms with Gasteiger partial charge < -0.3 is 9.90 Å². The Morgan fingerprint density at radius 3 is 2.75 bits per heavy atom. The van der Waals surface area contributed by atoms with Crippen molar-refractivity contribution in [1.82, 2.24) is 0 Å². The molecule has 1 atom stereocenters. The first-order valence-electron chi connectivity index (χ1n) is 3.42. The number of aliphatic carboxylic acids is 1. The van der Waals surface area contributed by atoms with Gasteiger partial charge in [0, 0.05) is 0 Å². The van der Waals surface area contributed by atoms with Crippen molar-refractivity contribution >= 4 is 21.6 Å². The topological polar surface area (TPSA) is 57.2 Å². The lowest BCUT2D eigenvalue weighted by Crippen LogP contribution is -2.24. The molecule has 0 aliphatic heterocycles. The van der Waals surface area contributed by atoms with Crippen molar-refractivity contribution in [2.24, 2.45) is 0 Å². The molecule has 1 rings (SSSR count). The van der Waals surface area contributed by atoms with Crippen LogP contribution in [0.3, 0.4) is 0 Å². The summed E-state index contributed by atoms with van der Waals surface area (Å²) in [6.45, 7) is 1.46. The SMILES string of the molecule is CC(=O)[s+]1cccc1CC(=O)[O-]. The lowest BCUT2D eigenvalue weighted by Gasteiger charge is -1.94. The fraction of sp³-hybridized carbons (Fsp3) is 0.250. The minimum Gasteiger partial charge on any atom is -0.550 e. The van der Waals surface area contributed by atoms with E-state index in [0.29, 0.717) is 4.88 Å². The predicted octanol–water partition coefficient (Wildman–Crippen LogP) is 0.388. The van der Waals surface area contributed by atoms with Crippen molar-refractivity contribution in [3.8, 4) is 0 Å². The van der Waals surface area contributed by atoms with Crippen LogP contribution in [0.2, 0.25) is 0 Å². The highest BCUT2D eigenvalue weighted by atomic mass is 32.2. The molecule has 0 aromatic carbocycles. The Labute approximate surface area is 72.6 Å². The summed E-state index contributed by atoms with van der Waals surface area (Å²) in [6, 6.07) is 3.38. The van der Waals surface area contributed by atoms with Crippen LogP contribution in [0.25, 0.3) is 0 Å². The molecule has 1 heterocycles. The van der Waals surface area contributed by atoms with Crippen LogP contribution in [0.15, 0.2) is 17.5 Å². The van der Waals surface area contributed by atoms with Gasteiger partial charge in [0.15, 0.2) is 4.88 Å². The van der Waals surface area contributed by atoms with E-state index in [0.717, 1.165) is 0 Å². The number of hydrogen-bond acceptors (Lipinski definition) is 3. The number of carboxylic acid groups (broad SMARTS) is 1. The Bertz CT molecular complexity index is 314. The Hall–Kier alpha value is -1.16. The van der Waals surface area contributed by atoms with E-state index in [1.165, 1.54) is 6.92 Å². The van der Waals surface area contributed by atoms with E-state index in [-0.39, 0.29) is 11.5 Å². The van der Waals surface area contributed by atoms with E-state index < -0.39 is 16.4 Å². The maximum absolute atomic E-state index is 10.9. The molecule has 1 aromatic rings. The summed E-state index contributed by atoms with van der Waals surface area (Å²) in [5.74, 6) is -1.14. The van der Waals surface area contributed by atoms with E-state index in [9.17, 15) is 14.7 Å². The molecule has 0 radical (unpaired) electrons. The van der Waals surface area contributed by atoms with Crippen molar-refractivity contribution < 1.29 is 14.7 Å². The number of carboxylic acids is 1. The normalized spacial score (nSPS) is 11.2. The molecule has 0 fully saturated rings. The van der Waals surface area contributed by atoms with Gasteiger partial charge in [-0.05, 0) is 12.1 Å². The van der Waals surface area contributed by atoms with Crippen LogP contribution in [0.5, 0.6) is 0 Å². The number of thiophene rings is 1. The Kier molecular flexibility index (Phi) is 2.60. The van der Waals surface area contributed by atoms with Crippen LogP contribution >= 0.6 is 10.5 Å². The van der Waals surface area contributed by atoms with Gasteiger partial charge in [-0.2, -0.15) is 0 Å². The van der Waals surface area contributed by atoms with Crippen LogP contribution in [0.4, 0.5) is 0 Å². The zero-order valence-electron chi connectivity index (χ0n) is 6.57. The van der Waals surface area contributed by atoms with Gasteiger partial charge >= 0.3 is 5.12 Å². The second-order valence-corrected chi connectivity index (χ2v) is 4.39. The van der Waals surface area contributed by atoms with Crippen molar-refractivity contribution in [3.63, 3.8) is 0 Å². The number of carbonyl (C=O) groups is 2. The Balaban J connectivity index is 2.91. The number of rotatable bonds is 3. The largest absolute Gasteiger partial charge is 0.550 e. The minimum absolute atomic E-state index is 0.00347. The monoisotopic (exact) mass is 184 g/mol. The fourth-order valence-corrected chi connectivity index (χ4v) is 2.42. The lowest BCUT2D eigenvalue weighted by atomic mass is 10.3. The second-order valence-electron chi connectivity index (χ2n) is 2.34. The van der Waals surface area contributed by atoms with Gasteiger partial charge in [0.1, 0.15) is 5.38 Å². The van der Waals surface area contributed by atoms with Crippen molar-refractivity contribution in [3.05, 3.63) is 22.4 Å². The molecule has 12 heavy (non-hydrogen) atoms. The maximum Gasteiger partial charge on any atom is 0.352 e. The zero-order valence-corrected chi connectivity index (χ0v) is 7.39. The quantitative estimate of drug-likeness (QED) is 0.638. The fourth-order valence-electron chi connectivity index (χ4n) is 0.945. The van der Waals surface area contributed by atoms with E-state index in [1.54, 1.807) is 17.5 Å². The van der Waals surface area contributed by atoms with Gasteiger partial charge in [0.05, 0.1) is 29.8 Å². The Morgan fingerprint density at radius 1 is 1.58 bits per heavy atom. The minimum atomic E-state index is -1.14. The summed E-state index contributed by atoms with van der Waals surface area (Å²) in [5.41, 5.74) is 0. The van der Waals surface area contributed by atoms with E-state index in [1.807, 2.05) is 0 Å². The average Bonchev–Trinajstić information content (AvgIpc) is 2.33. The molecule has 0 amide bonds. The summed E-state index contributed by atoms with van der Waals surface area (Å²) < 4.78 is 0. The average molecular weight is 184 g/mol. The lowest BCUT2D eigenvalue weighted by molar-refractivity contribution is -0.304. The molecule has 0 aliphatic rings. The second kappa shape index (κ2) is 3.49. The zero-order chi connectivity index (χ0) is 9.14. The Morgan fingerprint density at radius 2 is 2.25 bits per heavy atom. The van der Waals surface area contributed by atoms with Crippen molar-refractivity contribution in [1.29, 1.82) is 0 Å². The van der Waals surface area contributed by atoms with Gasteiger partial charge in [-0.1, -0.05) is 0 Å². The predicted molar refractivity (Wildman–Crippen MR) is 43.9 cm³/mol. The molecule has 0 saturated heterocycles. The third-order valence-corrected chi connectivity index (χ3v) is 3.30. The molecule has 1 aromatic heterocycles. The van der Waals surface area contributed by atoms with Crippen LogP contribution in [0, 0.1) is 0 Å². The van der Waals surface area contributed by atoms with E-state index >= 15 is 0 Å². The summed E-state index contributed by atoms with van der Waals surface area (Å²) >= 11 is 0. The molecule has 0 spiro atoms. The van der Waals surface area contributed by atoms with Crippen LogP contribution in [-0.2, 0) is 11.2 Å². The smallest absolute Gasteiger partial charge is 0.352 e. The van der Waals surface area contributed by atoms with Crippen LogP contribution in [-0.4, -0.2) is 11.1 Å². The van der Waals surface area contributed by atoms with E-state index in [2.05, 4.69) is 0 Å². The third-order valence-electron chi connectivity index (χ3n) is 1.41. The highest BCUT2D eigenvalue weighted by Crippen LogP contribution is 2.25. The first-order chi connectivity index (χ1) is 5.61. The van der Waals surface area contributed by atoms with Crippen LogP contribution in [0.1, 0.15) is 16.6 Å². The molecule has 4 heteroatoms. The molecular formula is C8H8O3S. The van der Waals surface area contributed by atoms with Crippen molar-refractivity contribution in [2.45, 2.75) is 13.3 Å². The molecule has 64 valence electrons. The number of carbonyl (C=O) groups excluding carboxylic acids is 2. The highest BCUT2D eigenvalue weighted by molar-refractivity contribution is 7.50. The van der Waals surface area contributed by atoms with Gasteiger partial charge in [-0.25, -0.2) is 4.79 Å². The number of hydrogen-bond donors (Lipinski definition) is 0. The first kappa shape index (κ1) is 8.93. The summed E-state index contributed by atoms with van der Waals surface area (Å²) in [7, 11) is -0.617. The summed E-state index contributed by atoms with van der Waals surface area (Å²) in [5, 5.41) is 12.0. The standard InChI is InChI=1S/C8H8O3S/c1-6(9)12-4-2-3-7(12)5-8(10)11/h2-4H,5H2,1H3. The van der Waals surface area contributed by atoms with Gasteiger partial charge in [-0.3, -0.25) is 0 Å². The van der Waals surface area contributed by atoms with Gasteiger partial charge in [-0.15, -0.1) is 0 Å². The molecule has 3 nitrogen and oxygen atoms in total. The first-order valence-corrected chi connectivity index (χ1v) is 4.71.